The summed E-state index contributed by atoms with van der Waals surface area (Å²) in [7, 11) is 2.39. The largest absolute Gasteiger partial charge is 0.497 e. The van der Waals surface area contributed by atoms with E-state index in [0.717, 1.165) is 7.11 Å². The van der Waals surface area contributed by atoms with Crippen LogP contribution in [0.5, 0.6) is 11.5 Å². The van der Waals surface area contributed by atoms with Gasteiger partial charge in [-0.1, -0.05) is 11.8 Å². The maximum absolute atomic E-state index is 13.7. The summed E-state index contributed by atoms with van der Waals surface area (Å²) in [6.45, 7) is 0. The minimum atomic E-state index is -1.62. The van der Waals surface area contributed by atoms with Gasteiger partial charge in [0.2, 0.25) is 11.6 Å². The van der Waals surface area contributed by atoms with Crippen molar-refractivity contribution in [2.24, 2.45) is 0 Å². The highest BCUT2D eigenvalue weighted by Crippen LogP contribution is 2.29. The van der Waals surface area contributed by atoms with Crippen LogP contribution in [0.3, 0.4) is 0 Å². The first-order valence-electron chi connectivity index (χ1n) is 6.05. The van der Waals surface area contributed by atoms with Gasteiger partial charge in [0.05, 0.1) is 14.2 Å². The van der Waals surface area contributed by atoms with Gasteiger partial charge >= 0.3 is 0 Å². The van der Waals surface area contributed by atoms with E-state index in [1.807, 2.05) is 0 Å². The zero-order chi connectivity index (χ0) is 16.3. The molecule has 0 aromatic heterocycles. The third-order valence-electron chi connectivity index (χ3n) is 2.85. The van der Waals surface area contributed by atoms with Crippen molar-refractivity contribution in [1.82, 2.24) is 0 Å². The molecule has 0 saturated heterocycles. The molecule has 0 amide bonds. The second-order valence-electron chi connectivity index (χ2n) is 4.14. The van der Waals surface area contributed by atoms with E-state index in [0.29, 0.717) is 11.3 Å². The molecule has 2 rings (SSSR count). The molecule has 0 N–H and O–H groups in total. The zero-order valence-electron chi connectivity index (χ0n) is 11.6. The van der Waals surface area contributed by atoms with Gasteiger partial charge < -0.3 is 9.47 Å². The van der Waals surface area contributed by atoms with Crippen molar-refractivity contribution in [1.29, 1.82) is 0 Å². The topological polar surface area (TPSA) is 18.5 Å². The molecular formula is C16H10F4O2. The van der Waals surface area contributed by atoms with Crippen molar-refractivity contribution in [3.8, 4) is 23.3 Å². The Hall–Kier alpha value is -2.68. The molecule has 0 aliphatic rings. The number of methoxy groups -OCH3 is 2. The SMILES string of the molecule is COc1ccc(C#Cc2c(F)c(F)c(OC)c(F)c2F)cc1. The molecule has 0 aliphatic carbocycles. The molecule has 6 heteroatoms. The van der Waals surface area contributed by atoms with E-state index >= 15 is 0 Å². The Bertz CT molecular complexity index is 729. The third-order valence-corrected chi connectivity index (χ3v) is 2.85. The molecule has 22 heavy (non-hydrogen) atoms. The number of halogens is 4. The molecule has 0 atom stereocenters. The van der Waals surface area contributed by atoms with Crippen molar-refractivity contribution in [2.45, 2.75) is 0 Å². The summed E-state index contributed by atoms with van der Waals surface area (Å²) in [5, 5.41) is 0. The lowest BCUT2D eigenvalue weighted by atomic mass is 10.1. The van der Waals surface area contributed by atoms with Gasteiger partial charge in [0.1, 0.15) is 11.3 Å². The highest BCUT2D eigenvalue weighted by molar-refractivity contribution is 5.48. The Morgan fingerprint density at radius 3 is 1.73 bits per heavy atom. The average molecular weight is 310 g/mol. The first-order chi connectivity index (χ1) is 10.5. The molecule has 2 aromatic carbocycles. The van der Waals surface area contributed by atoms with Gasteiger partial charge in [-0.15, -0.1) is 0 Å². The number of ether oxygens (including phenoxy) is 2. The average Bonchev–Trinajstić information content (AvgIpc) is 2.54. The van der Waals surface area contributed by atoms with Crippen molar-refractivity contribution in [3.63, 3.8) is 0 Å². The molecule has 0 spiro atoms. The van der Waals surface area contributed by atoms with Gasteiger partial charge in [-0.2, -0.15) is 8.78 Å². The van der Waals surface area contributed by atoms with E-state index in [1.54, 1.807) is 12.1 Å². The summed E-state index contributed by atoms with van der Waals surface area (Å²) in [4.78, 5) is 0. The molecule has 0 heterocycles. The van der Waals surface area contributed by atoms with Crippen LogP contribution < -0.4 is 9.47 Å². The van der Waals surface area contributed by atoms with Crippen molar-refractivity contribution in [3.05, 3.63) is 58.7 Å². The first-order valence-corrected chi connectivity index (χ1v) is 6.05. The van der Waals surface area contributed by atoms with Gasteiger partial charge in [-0.05, 0) is 24.3 Å². The summed E-state index contributed by atoms with van der Waals surface area (Å²) >= 11 is 0. The van der Waals surface area contributed by atoms with E-state index in [1.165, 1.54) is 19.2 Å². The summed E-state index contributed by atoms with van der Waals surface area (Å²) in [6.07, 6.45) is 0. The van der Waals surface area contributed by atoms with Gasteiger partial charge in [0, 0.05) is 5.56 Å². The van der Waals surface area contributed by atoms with Crippen molar-refractivity contribution < 1.29 is 27.0 Å². The molecule has 0 aliphatic heterocycles. The first kappa shape index (κ1) is 15.7. The maximum Gasteiger partial charge on any atom is 0.205 e. The highest BCUT2D eigenvalue weighted by atomic mass is 19.2. The number of rotatable bonds is 2. The van der Waals surface area contributed by atoms with Crippen LogP contribution in [0.4, 0.5) is 17.6 Å². The van der Waals surface area contributed by atoms with E-state index in [-0.39, 0.29) is 0 Å². The monoisotopic (exact) mass is 310 g/mol. The zero-order valence-corrected chi connectivity index (χ0v) is 11.6. The van der Waals surface area contributed by atoms with Gasteiger partial charge in [0.25, 0.3) is 0 Å². The van der Waals surface area contributed by atoms with E-state index in [2.05, 4.69) is 16.6 Å². The minimum absolute atomic E-state index is 0.399. The highest BCUT2D eigenvalue weighted by Gasteiger charge is 2.25. The summed E-state index contributed by atoms with van der Waals surface area (Å²) in [5.74, 6) is -2.48. The smallest absolute Gasteiger partial charge is 0.205 e. The number of hydrogen-bond acceptors (Lipinski definition) is 2. The van der Waals surface area contributed by atoms with Gasteiger partial charge in [0.15, 0.2) is 17.4 Å². The lowest BCUT2D eigenvalue weighted by molar-refractivity contribution is 0.331. The Labute approximate surface area is 124 Å². The van der Waals surface area contributed by atoms with Gasteiger partial charge in [-0.25, -0.2) is 8.78 Å². The van der Waals surface area contributed by atoms with Crippen LogP contribution in [-0.2, 0) is 0 Å². The summed E-state index contributed by atoms with van der Waals surface area (Å²) in [6, 6.07) is 6.26. The minimum Gasteiger partial charge on any atom is -0.497 e. The molecule has 0 fully saturated rings. The fourth-order valence-electron chi connectivity index (χ4n) is 1.71. The van der Waals surface area contributed by atoms with Crippen LogP contribution in [0.15, 0.2) is 24.3 Å². The number of hydrogen-bond donors (Lipinski definition) is 0. The predicted molar refractivity (Wildman–Crippen MR) is 71.8 cm³/mol. The summed E-state index contributed by atoms with van der Waals surface area (Å²) in [5.41, 5.74) is -0.595. The standard InChI is InChI=1S/C16H10F4O2/c1-21-10-6-3-9(4-7-10)5-8-11-12(17)14(19)16(22-2)15(20)13(11)18/h3-4,6-7H,1-2H3. The Kier molecular flexibility index (Phi) is 4.56. The molecule has 0 saturated carbocycles. The predicted octanol–water partition coefficient (Wildman–Crippen LogP) is 3.66. The Morgan fingerprint density at radius 1 is 0.727 bits per heavy atom. The normalized spacial score (nSPS) is 9.91. The van der Waals surface area contributed by atoms with E-state index in [9.17, 15) is 17.6 Å². The Morgan fingerprint density at radius 2 is 1.27 bits per heavy atom. The molecule has 114 valence electrons. The summed E-state index contributed by atoms with van der Waals surface area (Å²) < 4.78 is 63.8. The second kappa shape index (κ2) is 6.39. The molecule has 2 aromatic rings. The molecule has 0 bridgehead atoms. The quantitative estimate of drug-likeness (QED) is 0.479. The lowest BCUT2D eigenvalue weighted by Crippen LogP contribution is -2.04. The second-order valence-corrected chi connectivity index (χ2v) is 4.14. The van der Waals surface area contributed by atoms with Gasteiger partial charge in [-0.3, -0.25) is 0 Å². The fraction of sp³-hybridized carbons (Fsp3) is 0.125. The van der Waals surface area contributed by atoms with E-state index < -0.39 is 34.6 Å². The van der Waals surface area contributed by atoms with Crippen molar-refractivity contribution >= 4 is 0 Å². The van der Waals surface area contributed by atoms with Crippen molar-refractivity contribution in [2.75, 3.05) is 14.2 Å². The molecule has 0 radical (unpaired) electrons. The number of benzene rings is 2. The third kappa shape index (κ3) is 2.84. The molecule has 0 unspecified atom stereocenters. The Balaban J connectivity index is 2.48. The van der Waals surface area contributed by atoms with Crippen LogP contribution in [-0.4, -0.2) is 14.2 Å². The van der Waals surface area contributed by atoms with Crippen LogP contribution in [0, 0.1) is 35.1 Å². The lowest BCUT2D eigenvalue weighted by Gasteiger charge is -2.07. The van der Waals surface area contributed by atoms with Crippen LogP contribution in [0.1, 0.15) is 11.1 Å². The molecular weight excluding hydrogens is 300 g/mol. The van der Waals surface area contributed by atoms with Crippen LogP contribution in [0.2, 0.25) is 0 Å². The van der Waals surface area contributed by atoms with Crippen LogP contribution in [0.25, 0.3) is 0 Å². The maximum atomic E-state index is 13.7. The van der Waals surface area contributed by atoms with E-state index in [4.69, 9.17) is 4.74 Å². The fourth-order valence-corrected chi connectivity index (χ4v) is 1.71. The van der Waals surface area contributed by atoms with Crippen LogP contribution >= 0.6 is 0 Å². The molecule has 2 nitrogen and oxygen atoms in total.